The lowest BCUT2D eigenvalue weighted by Crippen LogP contribution is -2.37. The van der Waals surface area contributed by atoms with Crippen LogP contribution in [-0.4, -0.2) is 28.5 Å². The van der Waals surface area contributed by atoms with Gasteiger partial charge in [-0.05, 0) is 36.7 Å². The SMILES string of the molecule is CCN(CC)c1nc2ccsc2c(=O)n1CC(=O)NCc1cccs1. The molecule has 0 aliphatic carbocycles. The molecule has 0 aliphatic rings. The Kier molecular flexibility index (Phi) is 5.50. The molecule has 1 amide bonds. The van der Waals surface area contributed by atoms with Gasteiger partial charge < -0.3 is 10.2 Å². The molecule has 3 aromatic rings. The van der Waals surface area contributed by atoms with E-state index >= 15 is 0 Å². The standard InChI is InChI=1S/C17H20N4O2S2/c1-3-20(4-2)17-19-13-7-9-25-15(13)16(23)21(17)11-14(22)18-10-12-6-5-8-24-12/h5-9H,3-4,10-11H2,1-2H3,(H,18,22). The Hall–Kier alpha value is -2.19. The van der Waals surface area contributed by atoms with Gasteiger partial charge in [0, 0.05) is 18.0 Å². The molecule has 0 bridgehead atoms. The first-order valence-electron chi connectivity index (χ1n) is 8.16. The van der Waals surface area contributed by atoms with E-state index in [9.17, 15) is 9.59 Å². The normalized spacial score (nSPS) is 11.0. The van der Waals surface area contributed by atoms with Crippen molar-refractivity contribution in [3.8, 4) is 0 Å². The number of rotatable bonds is 7. The van der Waals surface area contributed by atoms with Crippen molar-refractivity contribution in [2.45, 2.75) is 26.9 Å². The first-order valence-corrected chi connectivity index (χ1v) is 9.92. The summed E-state index contributed by atoms with van der Waals surface area (Å²) in [5.41, 5.74) is 0.528. The van der Waals surface area contributed by atoms with E-state index < -0.39 is 0 Å². The number of carbonyl (C=O) groups excluding carboxylic acids is 1. The van der Waals surface area contributed by atoms with Crippen molar-refractivity contribution >= 4 is 44.7 Å². The van der Waals surface area contributed by atoms with Crippen LogP contribution in [0.25, 0.3) is 10.2 Å². The number of thiophene rings is 2. The largest absolute Gasteiger partial charge is 0.350 e. The molecule has 0 aliphatic heterocycles. The second kappa shape index (κ2) is 7.79. The minimum Gasteiger partial charge on any atom is -0.350 e. The summed E-state index contributed by atoms with van der Waals surface area (Å²) in [5.74, 6) is 0.355. The molecule has 0 radical (unpaired) electrons. The van der Waals surface area contributed by atoms with E-state index in [0.717, 1.165) is 18.0 Å². The summed E-state index contributed by atoms with van der Waals surface area (Å²) in [6, 6.07) is 5.76. The maximum atomic E-state index is 12.8. The van der Waals surface area contributed by atoms with E-state index in [1.165, 1.54) is 15.9 Å². The quantitative estimate of drug-likeness (QED) is 0.688. The predicted molar refractivity (Wildman–Crippen MR) is 104 cm³/mol. The molecule has 0 fully saturated rings. The molecule has 3 aromatic heterocycles. The van der Waals surface area contributed by atoms with E-state index in [0.29, 0.717) is 22.7 Å². The minimum absolute atomic E-state index is 0.0309. The predicted octanol–water partition coefficient (Wildman–Crippen LogP) is 2.68. The number of hydrogen-bond acceptors (Lipinski definition) is 6. The Morgan fingerprint density at radius 1 is 1.24 bits per heavy atom. The molecule has 8 heteroatoms. The molecule has 132 valence electrons. The fraction of sp³-hybridized carbons (Fsp3) is 0.353. The molecule has 0 spiro atoms. The molecule has 0 saturated heterocycles. The molecular weight excluding hydrogens is 356 g/mol. The average Bonchev–Trinajstić information content (AvgIpc) is 3.28. The van der Waals surface area contributed by atoms with Gasteiger partial charge in [-0.15, -0.1) is 22.7 Å². The molecule has 3 heterocycles. The Bertz CT molecular complexity index is 911. The number of amides is 1. The number of nitrogens with zero attached hydrogens (tertiary/aromatic N) is 3. The molecule has 25 heavy (non-hydrogen) atoms. The van der Waals surface area contributed by atoms with Crippen LogP contribution in [0.5, 0.6) is 0 Å². The van der Waals surface area contributed by atoms with Gasteiger partial charge in [0.2, 0.25) is 11.9 Å². The molecule has 3 rings (SSSR count). The first kappa shape index (κ1) is 17.6. The van der Waals surface area contributed by atoms with Crippen LogP contribution >= 0.6 is 22.7 Å². The Balaban J connectivity index is 1.90. The maximum absolute atomic E-state index is 12.8. The van der Waals surface area contributed by atoms with Gasteiger partial charge in [-0.3, -0.25) is 14.2 Å². The lowest BCUT2D eigenvalue weighted by Gasteiger charge is -2.23. The van der Waals surface area contributed by atoms with E-state index in [1.54, 1.807) is 11.3 Å². The van der Waals surface area contributed by atoms with Crippen LogP contribution < -0.4 is 15.8 Å². The van der Waals surface area contributed by atoms with Crippen molar-refractivity contribution < 1.29 is 4.79 Å². The Morgan fingerprint density at radius 3 is 2.72 bits per heavy atom. The third-order valence-corrected chi connectivity index (χ3v) is 5.70. The molecule has 6 nitrogen and oxygen atoms in total. The fourth-order valence-electron chi connectivity index (χ4n) is 2.62. The van der Waals surface area contributed by atoms with Crippen LogP contribution in [0.4, 0.5) is 5.95 Å². The highest BCUT2D eigenvalue weighted by molar-refractivity contribution is 7.17. The maximum Gasteiger partial charge on any atom is 0.273 e. The van der Waals surface area contributed by atoms with E-state index in [1.807, 2.05) is 47.7 Å². The number of fused-ring (bicyclic) bond motifs is 1. The zero-order valence-corrected chi connectivity index (χ0v) is 15.8. The second-order valence-corrected chi connectivity index (χ2v) is 7.41. The highest BCUT2D eigenvalue weighted by atomic mass is 32.1. The molecule has 0 saturated carbocycles. The van der Waals surface area contributed by atoms with Gasteiger partial charge in [-0.1, -0.05) is 6.07 Å². The van der Waals surface area contributed by atoms with Gasteiger partial charge in [0.05, 0.1) is 12.1 Å². The number of hydrogen-bond donors (Lipinski definition) is 1. The summed E-state index contributed by atoms with van der Waals surface area (Å²) in [7, 11) is 0. The summed E-state index contributed by atoms with van der Waals surface area (Å²) < 4.78 is 2.07. The monoisotopic (exact) mass is 376 g/mol. The third kappa shape index (κ3) is 3.74. The lowest BCUT2D eigenvalue weighted by molar-refractivity contribution is -0.121. The van der Waals surface area contributed by atoms with Crippen LogP contribution in [0.15, 0.2) is 33.8 Å². The Morgan fingerprint density at radius 2 is 2.04 bits per heavy atom. The van der Waals surface area contributed by atoms with Crippen LogP contribution in [0, 0.1) is 0 Å². The van der Waals surface area contributed by atoms with Crippen molar-refractivity contribution in [2.75, 3.05) is 18.0 Å². The van der Waals surface area contributed by atoms with Crippen molar-refractivity contribution in [2.24, 2.45) is 0 Å². The molecule has 0 aromatic carbocycles. The van der Waals surface area contributed by atoms with E-state index in [-0.39, 0.29) is 18.0 Å². The smallest absolute Gasteiger partial charge is 0.273 e. The van der Waals surface area contributed by atoms with Crippen LogP contribution in [-0.2, 0) is 17.9 Å². The van der Waals surface area contributed by atoms with Gasteiger partial charge in [0.15, 0.2) is 0 Å². The lowest BCUT2D eigenvalue weighted by atomic mass is 10.4. The van der Waals surface area contributed by atoms with Gasteiger partial charge in [0.1, 0.15) is 11.2 Å². The zero-order valence-electron chi connectivity index (χ0n) is 14.2. The van der Waals surface area contributed by atoms with Crippen molar-refractivity contribution in [1.29, 1.82) is 0 Å². The van der Waals surface area contributed by atoms with Crippen LogP contribution in [0.2, 0.25) is 0 Å². The first-order chi connectivity index (χ1) is 12.1. The van der Waals surface area contributed by atoms with E-state index in [2.05, 4.69) is 10.3 Å². The molecule has 0 atom stereocenters. The topological polar surface area (TPSA) is 67.2 Å². The molecule has 1 N–H and O–H groups in total. The van der Waals surface area contributed by atoms with Gasteiger partial charge in [0.25, 0.3) is 5.56 Å². The number of nitrogens with one attached hydrogen (secondary N) is 1. The highest BCUT2D eigenvalue weighted by Gasteiger charge is 2.18. The third-order valence-electron chi connectivity index (χ3n) is 3.93. The van der Waals surface area contributed by atoms with E-state index in [4.69, 9.17) is 0 Å². The Labute approximate surface area is 153 Å². The molecule has 0 unspecified atom stereocenters. The van der Waals surface area contributed by atoms with Crippen LogP contribution in [0.1, 0.15) is 18.7 Å². The van der Waals surface area contributed by atoms with Crippen molar-refractivity contribution in [3.05, 3.63) is 44.2 Å². The zero-order chi connectivity index (χ0) is 17.8. The van der Waals surface area contributed by atoms with Gasteiger partial charge in [-0.2, -0.15) is 0 Å². The van der Waals surface area contributed by atoms with Crippen molar-refractivity contribution in [1.82, 2.24) is 14.9 Å². The summed E-state index contributed by atoms with van der Waals surface area (Å²) in [4.78, 5) is 32.9. The van der Waals surface area contributed by atoms with Crippen molar-refractivity contribution in [3.63, 3.8) is 0 Å². The second-order valence-electron chi connectivity index (χ2n) is 5.47. The van der Waals surface area contributed by atoms with Gasteiger partial charge >= 0.3 is 0 Å². The summed E-state index contributed by atoms with van der Waals surface area (Å²) in [6.07, 6.45) is 0. The summed E-state index contributed by atoms with van der Waals surface area (Å²) in [5, 5.41) is 6.70. The molecular formula is C17H20N4O2S2. The van der Waals surface area contributed by atoms with Gasteiger partial charge in [-0.25, -0.2) is 4.98 Å². The number of aromatic nitrogens is 2. The number of anilines is 1. The summed E-state index contributed by atoms with van der Waals surface area (Å²) in [6.45, 7) is 5.89. The summed E-state index contributed by atoms with van der Waals surface area (Å²) >= 11 is 2.95. The van der Waals surface area contributed by atoms with Crippen LogP contribution in [0.3, 0.4) is 0 Å². The highest BCUT2D eigenvalue weighted by Crippen LogP contribution is 2.19. The fourth-order valence-corrected chi connectivity index (χ4v) is 4.04. The average molecular weight is 377 g/mol. The minimum atomic E-state index is -0.193. The number of carbonyl (C=O) groups is 1.